The number of amides is 2. The second-order valence-corrected chi connectivity index (χ2v) is 13.2. The van der Waals surface area contributed by atoms with Gasteiger partial charge in [0.2, 0.25) is 15.2 Å². The van der Waals surface area contributed by atoms with Crippen molar-refractivity contribution in [3.8, 4) is 5.13 Å². The van der Waals surface area contributed by atoms with Crippen LogP contribution in [0.25, 0.3) is 21.7 Å². The number of aryl methyl sites for hydroxylation is 1. The van der Waals surface area contributed by atoms with E-state index in [9.17, 15) is 31.2 Å². The average Bonchev–Trinajstić information content (AvgIpc) is 3.51. The molecule has 2 aliphatic rings. The van der Waals surface area contributed by atoms with Crippen LogP contribution in [-0.4, -0.2) is 95.7 Å². The minimum atomic E-state index is -4.36. The first-order chi connectivity index (χ1) is 19.8. The molecule has 0 radical (unpaired) electrons. The number of imidazole rings is 1. The summed E-state index contributed by atoms with van der Waals surface area (Å²) in [5.74, 6) is 0. The molecule has 1 aromatic carbocycles. The molecule has 4 heterocycles. The summed E-state index contributed by atoms with van der Waals surface area (Å²) in [5, 5.41) is 6.55. The number of ether oxygens (including phenoxy) is 1. The first-order valence-corrected chi connectivity index (χ1v) is 15.4. The van der Waals surface area contributed by atoms with Crippen LogP contribution in [0.1, 0.15) is 37.3 Å². The number of fused-ring (bicyclic) bond motifs is 1. The fourth-order valence-electron chi connectivity index (χ4n) is 5.17. The second kappa shape index (κ2) is 11.1. The molecule has 0 bridgehead atoms. The van der Waals surface area contributed by atoms with Gasteiger partial charge in [-0.25, -0.2) is 35.7 Å². The van der Waals surface area contributed by atoms with E-state index >= 15 is 0 Å². The number of hydrogen-bond acceptors (Lipinski definition) is 8. The molecule has 17 heteroatoms. The molecule has 1 fully saturated rings. The molecule has 0 aliphatic carbocycles. The number of halogens is 3. The first-order valence-electron chi connectivity index (χ1n) is 13.1. The number of urea groups is 1. The molecule has 0 unspecified atom stereocenters. The number of carbonyl (C=O) groups excluding carboxylic acids is 1. The Hall–Kier alpha value is -3.28. The van der Waals surface area contributed by atoms with Crippen molar-refractivity contribution in [1.29, 1.82) is 0 Å². The SMILES string of the molecule is CCn1c(=O)n(-c2nnc(C(F)F)s2)c2cc(S(=O)(=O)NC3(CF)COC3)cc(C3=C[C@H](C)N(C(=O)N(C)C)CC3)c21. The maximum atomic E-state index is 13.8. The minimum Gasteiger partial charge on any atom is -0.377 e. The smallest absolute Gasteiger partial charge is 0.335 e. The predicted molar refractivity (Wildman–Crippen MR) is 149 cm³/mol. The molecule has 2 aliphatic heterocycles. The zero-order chi connectivity index (χ0) is 30.6. The van der Waals surface area contributed by atoms with E-state index in [1.807, 2.05) is 13.0 Å². The number of sulfonamides is 1. The van der Waals surface area contributed by atoms with Crippen LogP contribution in [0.4, 0.5) is 18.0 Å². The molecule has 228 valence electrons. The minimum absolute atomic E-state index is 0.108. The molecule has 42 heavy (non-hydrogen) atoms. The Bertz CT molecular complexity index is 1720. The van der Waals surface area contributed by atoms with Gasteiger partial charge in [0, 0.05) is 38.8 Å². The van der Waals surface area contributed by atoms with E-state index in [2.05, 4.69) is 14.9 Å². The topological polar surface area (TPSA) is 132 Å². The van der Waals surface area contributed by atoms with Gasteiger partial charge in [-0.1, -0.05) is 17.4 Å². The van der Waals surface area contributed by atoms with Crippen molar-refractivity contribution < 1.29 is 31.1 Å². The number of hydrogen-bond donors (Lipinski definition) is 1. The molecule has 3 aromatic rings. The van der Waals surface area contributed by atoms with E-state index in [0.717, 1.165) is 4.57 Å². The Balaban J connectivity index is 1.76. The number of carbonyl (C=O) groups is 1. The van der Waals surface area contributed by atoms with Crippen molar-refractivity contribution in [2.24, 2.45) is 0 Å². The highest BCUT2D eigenvalue weighted by Gasteiger charge is 2.43. The van der Waals surface area contributed by atoms with E-state index in [4.69, 9.17) is 4.74 Å². The van der Waals surface area contributed by atoms with Gasteiger partial charge in [-0.05, 0) is 38.0 Å². The van der Waals surface area contributed by atoms with Crippen LogP contribution in [0.3, 0.4) is 0 Å². The molecular formula is C25H30F3N7O5S2. The fraction of sp³-hybridized carbons (Fsp3) is 0.520. The van der Waals surface area contributed by atoms with Crippen LogP contribution < -0.4 is 10.4 Å². The number of rotatable bonds is 8. The lowest BCUT2D eigenvalue weighted by atomic mass is 9.95. The van der Waals surface area contributed by atoms with E-state index in [1.54, 1.807) is 25.9 Å². The van der Waals surface area contributed by atoms with Crippen molar-refractivity contribution in [3.05, 3.63) is 39.3 Å². The average molecular weight is 630 g/mol. The van der Waals surface area contributed by atoms with Crippen LogP contribution in [0, 0.1) is 0 Å². The van der Waals surface area contributed by atoms with Crippen molar-refractivity contribution in [3.63, 3.8) is 0 Å². The van der Waals surface area contributed by atoms with Crippen molar-refractivity contribution in [2.75, 3.05) is 40.5 Å². The lowest BCUT2D eigenvalue weighted by Gasteiger charge is -2.39. The molecule has 12 nitrogen and oxygen atoms in total. The number of nitrogens with zero attached hydrogens (tertiary/aromatic N) is 6. The summed E-state index contributed by atoms with van der Waals surface area (Å²) >= 11 is 0.517. The Morgan fingerprint density at radius 2 is 2.00 bits per heavy atom. The predicted octanol–water partition coefficient (Wildman–Crippen LogP) is 2.78. The maximum absolute atomic E-state index is 13.8. The molecule has 1 atom stereocenters. The van der Waals surface area contributed by atoms with Crippen LogP contribution in [0.5, 0.6) is 0 Å². The standard InChI is InChI=1S/C25H30F3N7O5S2/c1-5-33-19-17(15-6-7-34(14(2)8-15)23(36)32(3)4)9-16(42(38,39)31-25(11-26)12-40-13-25)10-18(19)35(24(33)37)22-30-29-21(41-22)20(27)28/h8-10,14,20,31H,5-7,11-13H2,1-4H3/t14-/m0/s1. The Morgan fingerprint density at radius 1 is 1.29 bits per heavy atom. The summed E-state index contributed by atoms with van der Waals surface area (Å²) in [5.41, 5.74) is -0.462. The monoisotopic (exact) mass is 629 g/mol. The normalized spacial score (nSPS) is 18.8. The third kappa shape index (κ3) is 5.11. The number of nitrogens with one attached hydrogen (secondary N) is 1. The second-order valence-electron chi connectivity index (χ2n) is 10.5. The van der Waals surface area contributed by atoms with Gasteiger partial charge in [0.1, 0.15) is 12.2 Å². The van der Waals surface area contributed by atoms with Crippen LogP contribution in [0.15, 0.2) is 27.9 Å². The van der Waals surface area contributed by atoms with Crippen LogP contribution in [0.2, 0.25) is 0 Å². The summed E-state index contributed by atoms with van der Waals surface area (Å²) < 4.78 is 77.8. The molecule has 0 saturated carbocycles. The molecule has 5 rings (SSSR count). The number of benzene rings is 1. The Morgan fingerprint density at radius 3 is 2.52 bits per heavy atom. The number of alkyl halides is 3. The molecule has 2 aromatic heterocycles. The van der Waals surface area contributed by atoms with E-state index < -0.39 is 39.4 Å². The summed E-state index contributed by atoms with van der Waals surface area (Å²) in [6.45, 7) is 2.78. The molecule has 1 saturated heterocycles. The fourth-order valence-corrected chi connectivity index (χ4v) is 7.27. The van der Waals surface area contributed by atoms with Gasteiger partial charge in [0.05, 0.1) is 29.1 Å². The van der Waals surface area contributed by atoms with Gasteiger partial charge < -0.3 is 14.5 Å². The lowest BCUT2D eigenvalue weighted by Crippen LogP contribution is -2.63. The van der Waals surface area contributed by atoms with Gasteiger partial charge in [-0.3, -0.25) is 4.57 Å². The van der Waals surface area contributed by atoms with Gasteiger partial charge in [0.25, 0.3) is 6.43 Å². The van der Waals surface area contributed by atoms with Gasteiger partial charge >= 0.3 is 11.7 Å². The molecule has 2 amide bonds. The van der Waals surface area contributed by atoms with E-state index in [-0.39, 0.29) is 47.4 Å². The van der Waals surface area contributed by atoms with Gasteiger partial charge in [-0.15, -0.1) is 10.2 Å². The largest absolute Gasteiger partial charge is 0.377 e. The molecule has 0 spiro atoms. The summed E-state index contributed by atoms with van der Waals surface area (Å²) in [7, 11) is -1.07. The van der Waals surface area contributed by atoms with Crippen LogP contribution >= 0.6 is 11.3 Å². The zero-order valence-corrected chi connectivity index (χ0v) is 24.9. The van der Waals surface area contributed by atoms with Crippen molar-refractivity contribution in [1.82, 2.24) is 33.9 Å². The summed E-state index contributed by atoms with van der Waals surface area (Å²) in [6, 6.07) is 2.11. The van der Waals surface area contributed by atoms with Gasteiger partial charge in [0.15, 0.2) is 5.01 Å². The third-order valence-electron chi connectivity index (χ3n) is 7.32. The van der Waals surface area contributed by atoms with Crippen molar-refractivity contribution >= 4 is 44.0 Å². The quantitative estimate of drug-likeness (QED) is 0.406. The highest BCUT2D eigenvalue weighted by molar-refractivity contribution is 7.89. The molecular weight excluding hydrogens is 599 g/mol. The zero-order valence-electron chi connectivity index (χ0n) is 23.3. The summed E-state index contributed by atoms with van der Waals surface area (Å²) in [6.07, 6.45) is -0.741. The lowest BCUT2D eigenvalue weighted by molar-refractivity contribution is -0.0725. The molecule has 1 N–H and O–H groups in total. The highest BCUT2D eigenvalue weighted by atomic mass is 32.2. The first kappa shape index (κ1) is 30.2. The van der Waals surface area contributed by atoms with E-state index in [0.29, 0.717) is 41.0 Å². The van der Waals surface area contributed by atoms with Crippen molar-refractivity contribution in [2.45, 2.75) is 49.7 Å². The maximum Gasteiger partial charge on any atom is 0.335 e. The third-order valence-corrected chi connectivity index (χ3v) is 9.80. The Kier molecular flexibility index (Phi) is 7.97. The number of aromatic nitrogens is 4. The highest BCUT2D eigenvalue weighted by Crippen LogP contribution is 2.36. The summed E-state index contributed by atoms with van der Waals surface area (Å²) in [4.78, 5) is 29.2. The van der Waals surface area contributed by atoms with Gasteiger partial charge in [-0.2, -0.15) is 4.72 Å². The Labute approximate surface area is 243 Å². The van der Waals surface area contributed by atoms with Crippen LogP contribution in [-0.2, 0) is 21.3 Å². The van der Waals surface area contributed by atoms with E-state index in [1.165, 1.54) is 21.6 Å².